The van der Waals surface area contributed by atoms with Gasteiger partial charge in [0.05, 0.1) is 6.61 Å². The van der Waals surface area contributed by atoms with Crippen LogP contribution in [0.1, 0.15) is 53.7 Å². The Morgan fingerprint density at radius 2 is 1.78 bits per heavy atom. The van der Waals surface area contributed by atoms with Crippen LogP contribution in [-0.4, -0.2) is 37.2 Å². The second-order valence-corrected chi connectivity index (χ2v) is 10.7. The molecule has 3 aromatic rings. The van der Waals surface area contributed by atoms with E-state index in [1.165, 1.54) is 56.0 Å². The smallest absolute Gasteiger partial charge is 0.300 e. The lowest BCUT2D eigenvalue weighted by Crippen LogP contribution is -2.04. The van der Waals surface area contributed by atoms with Crippen molar-refractivity contribution in [3.05, 3.63) is 76.3 Å². The number of ether oxygens (including phenoxy) is 3. The molecule has 1 aliphatic heterocycles. The molecule has 37 heavy (non-hydrogen) atoms. The summed E-state index contributed by atoms with van der Waals surface area (Å²) in [6.45, 7) is 6.86. The molecule has 2 aliphatic rings. The molecule has 1 unspecified atom stereocenters. The molecule has 0 saturated carbocycles. The fourth-order valence-electron chi connectivity index (χ4n) is 5.18. The Kier molecular flexibility index (Phi) is 9.17. The fraction of sp³-hybridized carbons (Fsp3) is 0.387. The molecule has 1 aliphatic carbocycles. The van der Waals surface area contributed by atoms with Crippen molar-refractivity contribution in [2.24, 2.45) is 0 Å². The predicted molar refractivity (Wildman–Crippen MR) is 149 cm³/mol. The van der Waals surface area contributed by atoms with Crippen LogP contribution in [-0.2, 0) is 22.4 Å². The Morgan fingerprint density at radius 1 is 1.03 bits per heavy atom. The van der Waals surface area contributed by atoms with Crippen LogP contribution in [0.15, 0.2) is 53.4 Å². The summed E-state index contributed by atoms with van der Waals surface area (Å²) in [6, 6.07) is 17.6. The van der Waals surface area contributed by atoms with Gasteiger partial charge in [0.2, 0.25) is 0 Å². The van der Waals surface area contributed by atoms with Crippen LogP contribution in [0.3, 0.4) is 0 Å². The van der Waals surface area contributed by atoms with E-state index in [4.69, 9.17) is 24.1 Å². The Hall–Kier alpha value is -2.96. The largest absolute Gasteiger partial charge is 0.493 e. The molecular weight excluding hydrogens is 484 g/mol. The lowest BCUT2D eigenvalue weighted by Gasteiger charge is -2.18. The first-order valence-corrected chi connectivity index (χ1v) is 13.8. The first-order chi connectivity index (χ1) is 17.9. The summed E-state index contributed by atoms with van der Waals surface area (Å²) in [5.41, 5.74) is 9.39. The molecule has 1 heterocycles. The van der Waals surface area contributed by atoms with E-state index in [2.05, 4.69) is 62.4 Å². The first-order valence-electron chi connectivity index (χ1n) is 12.8. The van der Waals surface area contributed by atoms with E-state index < -0.39 is 5.97 Å². The van der Waals surface area contributed by atoms with Gasteiger partial charge in [-0.1, -0.05) is 24.3 Å². The zero-order chi connectivity index (χ0) is 26.4. The Bertz CT molecular complexity index is 1230. The highest BCUT2D eigenvalue weighted by molar-refractivity contribution is 7.99. The van der Waals surface area contributed by atoms with Crippen molar-refractivity contribution >= 4 is 17.7 Å². The maximum absolute atomic E-state index is 9.00. The highest BCUT2D eigenvalue weighted by atomic mass is 32.2. The maximum Gasteiger partial charge on any atom is 0.300 e. The Labute approximate surface area is 224 Å². The van der Waals surface area contributed by atoms with Gasteiger partial charge in [0.25, 0.3) is 5.97 Å². The molecule has 1 atom stereocenters. The maximum atomic E-state index is 9.00. The highest BCUT2D eigenvalue weighted by Gasteiger charge is 2.28. The van der Waals surface area contributed by atoms with Crippen molar-refractivity contribution in [2.45, 2.75) is 57.5 Å². The molecule has 0 radical (unpaired) electrons. The van der Waals surface area contributed by atoms with E-state index in [0.717, 1.165) is 44.3 Å². The van der Waals surface area contributed by atoms with Gasteiger partial charge in [-0.15, -0.1) is 11.8 Å². The van der Waals surface area contributed by atoms with E-state index in [-0.39, 0.29) is 6.10 Å². The number of hydrogen-bond donors (Lipinski definition) is 1. The number of aryl methyl sites for hydroxylation is 3. The Balaban J connectivity index is 0.000000747. The van der Waals surface area contributed by atoms with Gasteiger partial charge in [0, 0.05) is 37.7 Å². The minimum Gasteiger partial charge on any atom is -0.493 e. The number of thioether (sulfide) groups is 1. The van der Waals surface area contributed by atoms with Crippen LogP contribution in [0.4, 0.5) is 0 Å². The van der Waals surface area contributed by atoms with Crippen molar-refractivity contribution in [3.8, 4) is 22.6 Å². The van der Waals surface area contributed by atoms with Gasteiger partial charge in [-0.3, -0.25) is 4.79 Å². The summed E-state index contributed by atoms with van der Waals surface area (Å²) >= 11 is 1.94. The zero-order valence-electron chi connectivity index (χ0n) is 22.1. The van der Waals surface area contributed by atoms with Crippen LogP contribution in [0.25, 0.3) is 11.1 Å². The zero-order valence-corrected chi connectivity index (χ0v) is 23.0. The summed E-state index contributed by atoms with van der Waals surface area (Å²) in [7, 11) is 1.72. The summed E-state index contributed by atoms with van der Waals surface area (Å²) < 4.78 is 17.6. The average Bonchev–Trinajstić information content (AvgIpc) is 3.48. The van der Waals surface area contributed by atoms with Gasteiger partial charge < -0.3 is 19.3 Å². The van der Waals surface area contributed by atoms with E-state index in [0.29, 0.717) is 6.61 Å². The molecule has 196 valence electrons. The van der Waals surface area contributed by atoms with Crippen molar-refractivity contribution in [2.75, 3.05) is 26.1 Å². The first kappa shape index (κ1) is 27.1. The molecule has 6 heteroatoms. The summed E-state index contributed by atoms with van der Waals surface area (Å²) in [5, 5.41) is 7.42. The minimum absolute atomic E-state index is 0.119. The van der Waals surface area contributed by atoms with E-state index in [1.807, 2.05) is 11.8 Å². The number of carboxylic acids is 1. The van der Waals surface area contributed by atoms with Crippen LogP contribution in [0.2, 0.25) is 0 Å². The van der Waals surface area contributed by atoms with Gasteiger partial charge in [0.15, 0.2) is 0 Å². The van der Waals surface area contributed by atoms with Crippen molar-refractivity contribution < 1.29 is 24.1 Å². The van der Waals surface area contributed by atoms with Crippen LogP contribution < -0.4 is 9.47 Å². The summed E-state index contributed by atoms with van der Waals surface area (Å²) in [5.74, 6) is 2.28. The molecule has 5 rings (SSSR count). The molecule has 0 saturated heterocycles. The summed E-state index contributed by atoms with van der Waals surface area (Å²) in [4.78, 5) is 10.4. The number of carbonyl (C=O) groups is 1. The third kappa shape index (κ3) is 6.68. The highest BCUT2D eigenvalue weighted by Crippen LogP contribution is 2.43. The van der Waals surface area contributed by atoms with Gasteiger partial charge in [-0.2, -0.15) is 0 Å². The number of fused-ring (bicyclic) bond motifs is 2. The lowest BCUT2D eigenvalue weighted by molar-refractivity contribution is -0.134. The molecule has 0 spiro atoms. The van der Waals surface area contributed by atoms with Crippen molar-refractivity contribution in [1.29, 1.82) is 0 Å². The van der Waals surface area contributed by atoms with Crippen molar-refractivity contribution in [3.63, 3.8) is 0 Å². The molecule has 0 bridgehead atoms. The molecule has 0 aromatic heterocycles. The van der Waals surface area contributed by atoms with Crippen molar-refractivity contribution in [1.82, 2.24) is 0 Å². The van der Waals surface area contributed by atoms with Gasteiger partial charge in [-0.25, -0.2) is 0 Å². The van der Waals surface area contributed by atoms with E-state index in [1.54, 1.807) is 7.11 Å². The minimum atomic E-state index is -0.833. The molecule has 3 aromatic carbocycles. The number of methoxy groups -OCH3 is 1. The SMILES string of the molecule is CC(=O)O.COCCCOc1cc(C)c(-c2cccc3c2CCC3Oc2ccc3c(c2)SCC3)c(C)c1. The monoisotopic (exact) mass is 520 g/mol. The van der Waals surface area contributed by atoms with E-state index >= 15 is 0 Å². The predicted octanol–water partition coefficient (Wildman–Crippen LogP) is 7.19. The number of carboxylic acid groups (broad SMARTS) is 1. The number of aliphatic carboxylic acids is 1. The molecule has 0 amide bonds. The number of benzene rings is 3. The number of rotatable bonds is 8. The van der Waals surface area contributed by atoms with Crippen LogP contribution >= 0.6 is 11.8 Å². The van der Waals surface area contributed by atoms with E-state index in [9.17, 15) is 0 Å². The second kappa shape index (κ2) is 12.5. The third-order valence-corrected chi connectivity index (χ3v) is 7.80. The lowest BCUT2D eigenvalue weighted by atomic mass is 9.90. The quantitative estimate of drug-likeness (QED) is 0.317. The molecule has 5 nitrogen and oxygen atoms in total. The fourth-order valence-corrected chi connectivity index (χ4v) is 6.28. The second-order valence-electron chi connectivity index (χ2n) is 9.53. The standard InChI is InChI=1S/C29H32O3S.C2H4O2/c1-19-16-23(31-14-5-13-30-3)17-20(2)29(19)26-7-4-6-25-24(26)10-11-27(25)32-22-9-8-21-12-15-33-28(21)18-22;1-2(3)4/h4,6-9,16-18,27H,5,10-15H2,1-3H3;1H3,(H,3,4). The topological polar surface area (TPSA) is 65.0 Å². The Morgan fingerprint density at radius 3 is 2.51 bits per heavy atom. The van der Waals surface area contributed by atoms with Crippen LogP contribution in [0.5, 0.6) is 11.5 Å². The normalized spacial score (nSPS) is 15.4. The molecule has 0 fully saturated rings. The average molecular weight is 521 g/mol. The van der Waals surface area contributed by atoms with Gasteiger partial charge in [0.1, 0.15) is 17.6 Å². The third-order valence-electron chi connectivity index (χ3n) is 6.70. The van der Waals surface area contributed by atoms with Gasteiger partial charge in [-0.05, 0) is 96.3 Å². The van der Waals surface area contributed by atoms with Gasteiger partial charge >= 0.3 is 0 Å². The van der Waals surface area contributed by atoms with Crippen LogP contribution in [0, 0.1) is 13.8 Å². The summed E-state index contributed by atoms with van der Waals surface area (Å²) in [6.07, 6.45) is 4.26. The molecular formula is C31H36O5S. The number of hydrogen-bond acceptors (Lipinski definition) is 5. The molecule has 1 N–H and O–H groups in total.